The highest BCUT2D eigenvalue weighted by Crippen LogP contribution is 2.34. The summed E-state index contributed by atoms with van der Waals surface area (Å²) >= 11 is 18.4. The van der Waals surface area contributed by atoms with E-state index in [0.717, 1.165) is 16.9 Å². The zero-order chi connectivity index (χ0) is 15.4. The summed E-state index contributed by atoms with van der Waals surface area (Å²) < 4.78 is 5.38. The van der Waals surface area contributed by atoms with Crippen LogP contribution in [0.1, 0.15) is 17.0 Å². The largest absolute Gasteiger partial charge is 0.496 e. The highest BCUT2D eigenvalue weighted by Gasteiger charge is 2.17. The standard InChI is InChI=1S/C16H16Cl3NO/c1-21-15-6-5-12(17)8-10(15)7-11(9-20)13-3-2-4-14(18)16(13)19/h2-6,8,11H,7,9,20H2,1H3. The van der Waals surface area contributed by atoms with Gasteiger partial charge in [0.15, 0.2) is 0 Å². The van der Waals surface area contributed by atoms with E-state index in [1.165, 1.54) is 0 Å². The number of hydrogen-bond acceptors (Lipinski definition) is 2. The second kappa shape index (κ2) is 7.37. The number of nitrogens with two attached hydrogens (primary N) is 1. The second-order valence-corrected chi connectivity index (χ2v) is 5.96. The van der Waals surface area contributed by atoms with Gasteiger partial charge < -0.3 is 10.5 Å². The van der Waals surface area contributed by atoms with E-state index in [2.05, 4.69) is 0 Å². The van der Waals surface area contributed by atoms with Crippen molar-refractivity contribution in [2.45, 2.75) is 12.3 Å². The van der Waals surface area contributed by atoms with Gasteiger partial charge in [-0.1, -0.05) is 46.9 Å². The van der Waals surface area contributed by atoms with Crippen molar-refractivity contribution >= 4 is 34.8 Å². The van der Waals surface area contributed by atoms with Gasteiger partial charge in [0.05, 0.1) is 17.2 Å². The smallest absolute Gasteiger partial charge is 0.122 e. The van der Waals surface area contributed by atoms with E-state index < -0.39 is 0 Å². The molecule has 0 saturated heterocycles. The summed E-state index contributed by atoms with van der Waals surface area (Å²) in [6, 6.07) is 11.1. The summed E-state index contributed by atoms with van der Waals surface area (Å²) in [7, 11) is 1.64. The number of methoxy groups -OCH3 is 1. The molecule has 0 aromatic heterocycles. The third-order valence-corrected chi connectivity index (χ3v) is 4.48. The van der Waals surface area contributed by atoms with Crippen molar-refractivity contribution in [3.05, 3.63) is 62.6 Å². The van der Waals surface area contributed by atoms with Crippen molar-refractivity contribution in [2.24, 2.45) is 5.73 Å². The molecule has 1 atom stereocenters. The molecule has 1 unspecified atom stereocenters. The molecule has 2 aromatic carbocycles. The van der Waals surface area contributed by atoms with E-state index in [1.54, 1.807) is 19.2 Å². The average Bonchev–Trinajstić information content (AvgIpc) is 2.48. The highest BCUT2D eigenvalue weighted by atomic mass is 35.5. The quantitative estimate of drug-likeness (QED) is 0.833. The normalized spacial score (nSPS) is 12.2. The van der Waals surface area contributed by atoms with Gasteiger partial charge in [0.1, 0.15) is 5.75 Å². The molecule has 0 heterocycles. The molecule has 5 heteroatoms. The number of hydrogen-bond donors (Lipinski definition) is 1. The Labute approximate surface area is 139 Å². The summed E-state index contributed by atoms with van der Waals surface area (Å²) in [5, 5.41) is 1.75. The molecule has 0 saturated carbocycles. The molecular weight excluding hydrogens is 329 g/mol. The molecule has 0 aliphatic heterocycles. The van der Waals surface area contributed by atoms with Gasteiger partial charge in [0.25, 0.3) is 0 Å². The first kappa shape index (κ1) is 16.4. The third kappa shape index (κ3) is 3.83. The van der Waals surface area contributed by atoms with Crippen LogP contribution in [-0.4, -0.2) is 13.7 Å². The number of halogens is 3. The van der Waals surface area contributed by atoms with E-state index >= 15 is 0 Å². The molecule has 2 aromatic rings. The molecule has 21 heavy (non-hydrogen) atoms. The SMILES string of the molecule is COc1ccc(Cl)cc1CC(CN)c1cccc(Cl)c1Cl. The molecule has 0 aliphatic carbocycles. The summed E-state index contributed by atoms with van der Waals surface area (Å²) in [4.78, 5) is 0. The molecule has 112 valence electrons. The molecule has 2 rings (SSSR count). The molecule has 0 fully saturated rings. The van der Waals surface area contributed by atoms with Crippen molar-refractivity contribution < 1.29 is 4.74 Å². The predicted octanol–water partition coefficient (Wildman–Crippen LogP) is 4.94. The molecule has 0 aliphatic rings. The Kier molecular flexibility index (Phi) is 5.77. The lowest BCUT2D eigenvalue weighted by Crippen LogP contribution is -2.16. The lowest BCUT2D eigenvalue weighted by molar-refractivity contribution is 0.408. The van der Waals surface area contributed by atoms with Crippen molar-refractivity contribution in [3.63, 3.8) is 0 Å². The van der Waals surface area contributed by atoms with Crippen LogP contribution in [0.3, 0.4) is 0 Å². The van der Waals surface area contributed by atoms with Crippen LogP contribution in [0, 0.1) is 0 Å². The first-order valence-corrected chi connectivity index (χ1v) is 7.66. The topological polar surface area (TPSA) is 35.2 Å². The molecule has 0 radical (unpaired) electrons. The minimum Gasteiger partial charge on any atom is -0.496 e. The van der Waals surface area contributed by atoms with Crippen LogP contribution in [-0.2, 0) is 6.42 Å². The van der Waals surface area contributed by atoms with E-state index in [4.69, 9.17) is 45.3 Å². The number of ether oxygens (including phenoxy) is 1. The van der Waals surface area contributed by atoms with Crippen LogP contribution in [0.15, 0.2) is 36.4 Å². The Bertz CT molecular complexity index is 631. The van der Waals surface area contributed by atoms with E-state index in [1.807, 2.05) is 24.3 Å². The average molecular weight is 345 g/mol. The van der Waals surface area contributed by atoms with Gasteiger partial charge in [-0.2, -0.15) is 0 Å². The summed E-state index contributed by atoms with van der Waals surface area (Å²) in [5.74, 6) is 0.833. The Hall–Kier alpha value is -0.930. The molecule has 0 bridgehead atoms. The van der Waals surface area contributed by atoms with Gasteiger partial charge in [0, 0.05) is 10.9 Å². The Morgan fingerprint density at radius 3 is 2.57 bits per heavy atom. The van der Waals surface area contributed by atoms with Crippen molar-refractivity contribution in [2.75, 3.05) is 13.7 Å². The van der Waals surface area contributed by atoms with Crippen LogP contribution < -0.4 is 10.5 Å². The molecule has 2 nitrogen and oxygen atoms in total. The first-order valence-electron chi connectivity index (χ1n) is 6.53. The summed E-state index contributed by atoms with van der Waals surface area (Å²) in [6.07, 6.45) is 0.681. The fourth-order valence-corrected chi connectivity index (χ4v) is 2.99. The van der Waals surface area contributed by atoms with E-state index in [0.29, 0.717) is 28.0 Å². The minimum atomic E-state index is 0.0450. The maximum Gasteiger partial charge on any atom is 0.122 e. The van der Waals surface area contributed by atoms with Crippen LogP contribution in [0.2, 0.25) is 15.1 Å². The zero-order valence-corrected chi connectivity index (χ0v) is 13.8. The molecule has 2 N–H and O–H groups in total. The Balaban J connectivity index is 2.35. The lowest BCUT2D eigenvalue weighted by atomic mass is 9.91. The lowest BCUT2D eigenvalue weighted by Gasteiger charge is -2.19. The number of benzene rings is 2. The van der Waals surface area contributed by atoms with Gasteiger partial charge in [-0.3, -0.25) is 0 Å². The monoisotopic (exact) mass is 343 g/mol. The zero-order valence-electron chi connectivity index (χ0n) is 11.6. The highest BCUT2D eigenvalue weighted by molar-refractivity contribution is 6.42. The van der Waals surface area contributed by atoms with Crippen molar-refractivity contribution in [1.29, 1.82) is 0 Å². The van der Waals surface area contributed by atoms with E-state index in [-0.39, 0.29) is 5.92 Å². The fourth-order valence-electron chi connectivity index (χ4n) is 2.33. The second-order valence-electron chi connectivity index (χ2n) is 4.74. The van der Waals surface area contributed by atoms with Gasteiger partial charge in [-0.15, -0.1) is 0 Å². The summed E-state index contributed by atoms with van der Waals surface area (Å²) in [6.45, 7) is 0.454. The third-order valence-electron chi connectivity index (χ3n) is 3.41. The molecule has 0 spiro atoms. The van der Waals surface area contributed by atoms with Crippen molar-refractivity contribution in [1.82, 2.24) is 0 Å². The Morgan fingerprint density at radius 1 is 1.14 bits per heavy atom. The van der Waals surface area contributed by atoms with Crippen LogP contribution >= 0.6 is 34.8 Å². The van der Waals surface area contributed by atoms with Gasteiger partial charge in [-0.25, -0.2) is 0 Å². The fraction of sp³-hybridized carbons (Fsp3) is 0.250. The van der Waals surface area contributed by atoms with Gasteiger partial charge in [-0.05, 0) is 48.4 Å². The van der Waals surface area contributed by atoms with E-state index in [9.17, 15) is 0 Å². The summed E-state index contributed by atoms with van der Waals surface area (Å²) in [5.41, 5.74) is 7.86. The van der Waals surface area contributed by atoms with Crippen molar-refractivity contribution in [3.8, 4) is 5.75 Å². The maximum absolute atomic E-state index is 6.29. The maximum atomic E-state index is 6.29. The minimum absolute atomic E-state index is 0.0450. The van der Waals surface area contributed by atoms with Crippen LogP contribution in [0.5, 0.6) is 5.75 Å². The van der Waals surface area contributed by atoms with Crippen LogP contribution in [0.25, 0.3) is 0 Å². The molecular formula is C16H16Cl3NO. The van der Waals surface area contributed by atoms with Crippen LogP contribution in [0.4, 0.5) is 0 Å². The first-order chi connectivity index (χ1) is 10.1. The van der Waals surface area contributed by atoms with Gasteiger partial charge >= 0.3 is 0 Å². The predicted molar refractivity (Wildman–Crippen MR) is 90.0 cm³/mol. The molecule has 0 amide bonds. The van der Waals surface area contributed by atoms with Gasteiger partial charge in [0.2, 0.25) is 0 Å². The number of rotatable bonds is 5. The Morgan fingerprint density at radius 2 is 1.90 bits per heavy atom.